The number of aliphatic hydroxyl groups is 3. The quantitative estimate of drug-likeness (QED) is 0.349. The molecule has 0 aromatic carbocycles. The monoisotopic (exact) mass is 244 g/mol. The van der Waals surface area contributed by atoms with E-state index in [0.29, 0.717) is 0 Å². The molecule has 0 spiro atoms. The zero-order valence-corrected chi connectivity index (χ0v) is 8.59. The van der Waals surface area contributed by atoms with Gasteiger partial charge in [-0.3, -0.25) is 9.40 Å². The van der Waals surface area contributed by atoms with Crippen molar-refractivity contribution in [3.8, 4) is 0 Å². The Morgan fingerprint density at radius 3 is 2.76 bits per heavy atom. The van der Waals surface area contributed by atoms with E-state index in [9.17, 15) is 15.0 Å². The lowest BCUT2D eigenvalue weighted by atomic mass is 10.1. The highest BCUT2D eigenvalue weighted by molar-refractivity contribution is 5.23. The molecule has 17 heavy (non-hydrogen) atoms. The standard InChI is InChI=1S/C8H12N4O5/c9-3-1-2-12(8(16)10-3)7-5(14)4(13)6(15)11-17-7/h1-2,4-7,11,13-15H,(H2,9,10,16)/t4-,5-,6-,7?/m0/s1. The van der Waals surface area contributed by atoms with Crippen LogP contribution >= 0.6 is 0 Å². The first-order valence-electron chi connectivity index (χ1n) is 4.81. The van der Waals surface area contributed by atoms with Crippen molar-refractivity contribution in [2.24, 2.45) is 0 Å². The first-order valence-corrected chi connectivity index (χ1v) is 4.81. The summed E-state index contributed by atoms with van der Waals surface area (Å²) in [5, 5.41) is 28.2. The lowest BCUT2D eigenvalue weighted by Gasteiger charge is -2.35. The summed E-state index contributed by atoms with van der Waals surface area (Å²) in [6.45, 7) is 0. The molecule has 6 N–H and O–H groups in total. The van der Waals surface area contributed by atoms with Crippen LogP contribution in [0.4, 0.5) is 5.82 Å². The number of aliphatic hydroxyl groups excluding tert-OH is 3. The van der Waals surface area contributed by atoms with Crippen molar-refractivity contribution in [1.29, 1.82) is 0 Å². The van der Waals surface area contributed by atoms with Crippen LogP contribution in [0.25, 0.3) is 0 Å². The number of aromatic nitrogens is 2. The third-order valence-electron chi connectivity index (χ3n) is 2.40. The SMILES string of the molecule is Nc1ccn(C2ON[C@@H](O)[C@@H](O)[C@@H]2O)c(=O)n1. The number of nitrogens with one attached hydrogen (secondary N) is 1. The molecule has 94 valence electrons. The molecular formula is C8H12N4O5. The highest BCUT2D eigenvalue weighted by Crippen LogP contribution is 2.19. The first kappa shape index (κ1) is 12.0. The van der Waals surface area contributed by atoms with Crippen LogP contribution in [0.1, 0.15) is 6.23 Å². The van der Waals surface area contributed by atoms with E-state index in [2.05, 4.69) is 10.5 Å². The van der Waals surface area contributed by atoms with E-state index >= 15 is 0 Å². The highest BCUT2D eigenvalue weighted by Gasteiger charge is 2.39. The van der Waals surface area contributed by atoms with Gasteiger partial charge in [-0.15, -0.1) is 0 Å². The number of hydrogen-bond donors (Lipinski definition) is 5. The summed E-state index contributed by atoms with van der Waals surface area (Å²) in [6, 6.07) is 1.34. The molecule has 0 bridgehead atoms. The number of hydroxylamine groups is 1. The Kier molecular flexibility index (Phi) is 3.09. The average molecular weight is 244 g/mol. The Hall–Kier alpha value is -1.52. The maximum Gasteiger partial charge on any atom is 0.351 e. The van der Waals surface area contributed by atoms with Crippen molar-refractivity contribution < 1.29 is 20.2 Å². The number of anilines is 1. The fraction of sp³-hybridized carbons (Fsp3) is 0.500. The number of nitrogen functional groups attached to an aromatic ring is 1. The Morgan fingerprint density at radius 1 is 1.41 bits per heavy atom. The Balaban J connectivity index is 2.31. The second-order valence-corrected chi connectivity index (χ2v) is 3.59. The normalized spacial score (nSPS) is 33.6. The van der Waals surface area contributed by atoms with E-state index in [1.165, 1.54) is 12.3 Å². The molecule has 0 radical (unpaired) electrons. The minimum atomic E-state index is -1.49. The summed E-state index contributed by atoms with van der Waals surface area (Å²) in [5.41, 5.74) is 6.65. The van der Waals surface area contributed by atoms with Crippen LogP contribution in [0.15, 0.2) is 17.1 Å². The summed E-state index contributed by atoms with van der Waals surface area (Å²) >= 11 is 0. The molecule has 1 saturated heterocycles. The molecule has 1 fully saturated rings. The van der Waals surface area contributed by atoms with E-state index in [4.69, 9.17) is 15.7 Å². The third-order valence-corrected chi connectivity index (χ3v) is 2.40. The Bertz CT molecular complexity index is 463. The highest BCUT2D eigenvalue weighted by atomic mass is 16.7. The van der Waals surface area contributed by atoms with Crippen LogP contribution in [0, 0.1) is 0 Å². The second kappa shape index (κ2) is 4.39. The number of hydrogen-bond acceptors (Lipinski definition) is 8. The molecule has 2 heterocycles. The van der Waals surface area contributed by atoms with Gasteiger partial charge in [0, 0.05) is 6.20 Å². The van der Waals surface area contributed by atoms with Crippen LogP contribution in [0.2, 0.25) is 0 Å². The van der Waals surface area contributed by atoms with Crippen molar-refractivity contribution in [2.45, 2.75) is 24.7 Å². The molecule has 9 nitrogen and oxygen atoms in total. The van der Waals surface area contributed by atoms with E-state index in [1.807, 2.05) is 0 Å². The van der Waals surface area contributed by atoms with Crippen LogP contribution in [0.5, 0.6) is 0 Å². The molecule has 0 aliphatic carbocycles. The van der Waals surface area contributed by atoms with Gasteiger partial charge in [0.25, 0.3) is 0 Å². The molecule has 1 unspecified atom stereocenters. The van der Waals surface area contributed by atoms with E-state index < -0.39 is 30.4 Å². The molecule has 1 aliphatic heterocycles. The molecule has 1 aliphatic rings. The molecule has 4 atom stereocenters. The summed E-state index contributed by atoms with van der Waals surface area (Å²) in [4.78, 5) is 19.8. The predicted octanol–water partition coefficient (Wildman–Crippen LogP) is -3.10. The topological polar surface area (TPSA) is 143 Å². The van der Waals surface area contributed by atoms with Crippen molar-refractivity contribution in [3.05, 3.63) is 22.7 Å². The summed E-state index contributed by atoms with van der Waals surface area (Å²) in [6.07, 6.45) is -4.33. The number of nitrogens with two attached hydrogens (primary N) is 1. The first-order chi connectivity index (χ1) is 8.00. The van der Waals surface area contributed by atoms with Crippen molar-refractivity contribution in [2.75, 3.05) is 5.73 Å². The molecule has 1 aromatic heterocycles. The molecule has 2 rings (SSSR count). The molecule has 9 heteroatoms. The van der Waals surface area contributed by atoms with Crippen LogP contribution in [-0.4, -0.2) is 43.3 Å². The zero-order chi connectivity index (χ0) is 12.6. The Morgan fingerprint density at radius 2 is 2.12 bits per heavy atom. The molecule has 0 amide bonds. The lowest BCUT2D eigenvalue weighted by Crippen LogP contribution is -2.57. The number of rotatable bonds is 1. The van der Waals surface area contributed by atoms with Crippen molar-refractivity contribution in [3.63, 3.8) is 0 Å². The third kappa shape index (κ3) is 2.14. The fourth-order valence-electron chi connectivity index (χ4n) is 1.48. The molecule has 0 saturated carbocycles. The lowest BCUT2D eigenvalue weighted by molar-refractivity contribution is -0.260. The second-order valence-electron chi connectivity index (χ2n) is 3.59. The summed E-state index contributed by atoms with van der Waals surface area (Å²) < 4.78 is 0.948. The van der Waals surface area contributed by atoms with Crippen molar-refractivity contribution in [1.82, 2.24) is 15.0 Å². The summed E-state index contributed by atoms with van der Waals surface area (Å²) in [5.74, 6) is 0.0325. The van der Waals surface area contributed by atoms with Gasteiger partial charge >= 0.3 is 5.69 Å². The fourth-order valence-corrected chi connectivity index (χ4v) is 1.48. The van der Waals surface area contributed by atoms with Gasteiger partial charge < -0.3 is 21.1 Å². The van der Waals surface area contributed by atoms with Gasteiger partial charge in [-0.1, -0.05) is 0 Å². The van der Waals surface area contributed by atoms with E-state index in [1.54, 1.807) is 0 Å². The maximum atomic E-state index is 11.5. The van der Waals surface area contributed by atoms with Gasteiger partial charge in [0.2, 0.25) is 0 Å². The van der Waals surface area contributed by atoms with Gasteiger partial charge in [-0.05, 0) is 6.07 Å². The van der Waals surface area contributed by atoms with Gasteiger partial charge in [0.15, 0.2) is 12.5 Å². The molecule has 1 aromatic rings. The van der Waals surface area contributed by atoms with Crippen molar-refractivity contribution >= 4 is 5.82 Å². The smallest absolute Gasteiger partial charge is 0.351 e. The summed E-state index contributed by atoms with van der Waals surface area (Å²) in [7, 11) is 0. The van der Waals surface area contributed by atoms with Gasteiger partial charge in [-0.25, -0.2) is 4.79 Å². The van der Waals surface area contributed by atoms with Crippen LogP contribution < -0.4 is 16.9 Å². The van der Waals surface area contributed by atoms with Crippen LogP contribution in [0.3, 0.4) is 0 Å². The van der Waals surface area contributed by atoms with Gasteiger partial charge in [0.1, 0.15) is 18.0 Å². The predicted molar refractivity (Wildman–Crippen MR) is 54.2 cm³/mol. The van der Waals surface area contributed by atoms with Gasteiger partial charge in [0.05, 0.1) is 0 Å². The zero-order valence-electron chi connectivity index (χ0n) is 8.59. The minimum absolute atomic E-state index is 0.0325. The average Bonchev–Trinajstić information content (AvgIpc) is 2.28. The Labute approximate surface area is 95.0 Å². The maximum absolute atomic E-state index is 11.5. The van der Waals surface area contributed by atoms with Crippen LogP contribution in [-0.2, 0) is 4.84 Å². The number of nitrogens with zero attached hydrogens (tertiary/aromatic N) is 2. The molecular weight excluding hydrogens is 232 g/mol. The minimum Gasteiger partial charge on any atom is -0.386 e. The van der Waals surface area contributed by atoms with Gasteiger partial charge in [-0.2, -0.15) is 10.5 Å². The largest absolute Gasteiger partial charge is 0.386 e. The van der Waals surface area contributed by atoms with E-state index in [-0.39, 0.29) is 5.82 Å². The van der Waals surface area contributed by atoms with E-state index in [0.717, 1.165) is 4.57 Å².